The van der Waals surface area contributed by atoms with Crippen molar-refractivity contribution in [1.82, 2.24) is 29.4 Å². The molecule has 0 saturated heterocycles. The van der Waals surface area contributed by atoms with Gasteiger partial charge in [-0.05, 0) is 19.3 Å². The number of aryl methyl sites for hydroxylation is 3. The molecule has 0 aromatic carbocycles. The molecular weight excluding hydrogens is 298 g/mol. The Hall–Kier alpha value is -1.96. The normalized spacial score (nSPS) is 17.8. The fraction of sp³-hybridized carbons (Fsp3) is 0.571. The SMILES string of the molecule is CCc1nnc2n1CC(CNc1nn3cc(C)nc3s1)CC2. The zero-order valence-corrected chi connectivity index (χ0v) is 13.6. The van der Waals surface area contributed by atoms with Crippen LogP contribution in [0.5, 0.6) is 0 Å². The zero-order valence-electron chi connectivity index (χ0n) is 12.8. The molecule has 0 spiro atoms. The van der Waals surface area contributed by atoms with Crippen molar-refractivity contribution in [2.24, 2.45) is 5.92 Å². The topological polar surface area (TPSA) is 72.9 Å². The van der Waals surface area contributed by atoms with Gasteiger partial charge in [0.1, 0.15) is 11.6 Å². The molecule has 0 saturated carbocycles. The molecule has 1 unspecified atom stereocenters. The second-order valence-corrected chi connectivity index (χ2v) is 6.75. The number of rotatable bonds is 4. The van der Waals surface area contributed by atoms with E-state index in [1.807, 2.05) is 17.6 Å². The molecule has 0 bridgehead atoms. The van der Waals surface area contributed by atoms with Gasteiger partial charge < -0.3 is 9.88 Å². The molecule has 0 fully saturated rings. The van der Waals surface area contributed by atoms with Crippen LogP contribution in [0.15, 0.2) is 6.20 Å². The molecule has 22 heavy (non-hydrogen) atoms. The van der Waals surface area contributed by atoms with E-state index in [1.54, 1.807) is 11.3 Å². The first-order valence-electron chi connectivity index (χ1n) is 7.70. The third-order valence-corrected chi connectivity index (χ3v) is 5.02. The molecule has 1 aliphatic rings. The number of hydrogen-bond acceptors (Lipinski definition) is 6. The van der Waals surface area contributed by atoms with Crippen LogP contribution in [0, 0.1) is 12.8 Å². The lowest BCUT2D eigenvalue weighted by atomic mass is 9.99. The van der Waals surface area contributed by atoms with Crippen molar-refractivity contribution in [3.8, 4) is 0 Å². The molecule has 0 aliphatic carbocycles. The molecule has 1 aliphatic heterocycles. The van der Waals surface area contributed by atoms with Crippen LogP contribution in [0.25, 0.3) is 4.96 Å². The van der Waals surface area contributed by atoms with Gasteiger partial charge in [0.05, 0.1) is 11.9 Å². The number of nitrogens with one attached hydrogen (secondary N) is 1. The molecule has 116 valence electrons. The smallest absolute Gasteiger partial charge is 0.214 e. The molecule has 4 rings (SSSR count). The molecule has 7 nitrogen and oxygen atoms in total. The summed E-state index contributed by atoms with van der Waals surface area (Å²) in [7, 11) is 0. The second kappa shape index (κ2) is 5.35. The van der Waals surface area contributed by atoms with Gasteiger partial charge in [-0.1, -0.05) is 18.3 Å². The van der Waals surface area contributed by atoms with Crippen LogP contribution in [-0.4, -0.2) is 35.9 Å². The molecule has 1 N–H and O–H groups in total. The summed E-state index contributed by atoms with van der Waals surface area (Å²) in [5, 5.41) is 17.5. The maximum absolute atomic E-state index is 4.52. The highest BCUT2D eigenvalue weighted by atomic mass is 32.1. The summed E-state index contributed by atoms with van der Waals surface area (Å²) in [5.41, 5.74) is 1.00. The van der Waals surface area contributed by atoms with Crippen LogP contribution in [0.4, 0.5) is 5.13 Å². The van der Waals surface area contributed by atoms with Gasteiger partial charge in [-0.3, -0.25) is 0 Å². The highest BCUT2D eigenvalue weighted by Crippen LogP contribution is 2.23. The molecule has 3 aromatic rings. The van der Waals surface area contributed by atoms with Gasteiger partial charge in [-0.2, -0.15) is 0 Å². The maximum Gasteiger partial charge on any atom is 0.214 e. The van der Waals surface area contributed by atoms with E-state index in [1.165, 1.54) is 0 Å². The molecule has 4 heterocycles. The first-order chi connectivity index (χ1) is 10.7. The van der Waals surface area contributed by atoms with Gasteiger partial charge in [0.2, 0.25) is 10.1 Å². The summed E-state index contributed by atoms with van der Waals surface area (Å²) in [6.45, 7) is 6.04. The Morgan fingerprint density at radius 3 is 3.14 bits per heavy atom. The highest BCUT2D eigenvalue weighted by molar-refractivity contribution is 7.20. The van der Waals surface area contributed by atoms with Crippen molar-refractivity contribution >= 4 is 21.4 Å². The van der Waals surface area contributed by atoms with Gasteiger partial charge in [-0.15, -0.1) is 15.3 Å². The third-order valence-electron chi connectivity index (χ3n) is 4.14. The van der Waals surface area contributed by atoms with Crippen LogP contribution in [0.3, 0.4) is 0 Å². The highest BCUT2D eigenvalue weighted by Gasteiger charge is 2.22. The van der Waals surface area contributed by atoms with Gasteiger partial charge in [0.25, 0.3) is 0 Å². The average molecular weight is 317 g/mol. The average Bonchev–Trinajstić information content (AvgIpc) is 3.16. The van der Waals surface area contributed by atoms with Crippen molar-refractivity contribution in [2.45, 2.75) is 39.7 Å². The lowest BCUT2D eigenvalue weighted by molar-refractivity contribution is 0.374. The summed E-state index contributed by atoms with van der Waals surface area (Å²) in [5.74, 6) is 2.82. The standard InChI is InChI=1S/C14H19N7S/c1-3-11-17-18-12-5-4-10(8-20(11)12)6-15-13-19-21-7-9(2)16-14(21)22-13/h7,10H,3-6,8H2,1-2H3,(H,15,19). The van der Waals surface area contributed by atoms with E-state index in [0.717, 1.165) is 59.8 Å². The zero-order chi connectivity index (χ0) is 15.1. The van der Waals surface area contributed by atoms with Gasteiger partial charge in [0.15, 0.2) is 0 Å². The van der Waals surface area contributed by atoms with Crippen molar-refractivity contribution in [2.75, 3.05) is 11.9 Å². The van der Waals surface area contributed by atoms with E-state index in [9.17, 15) is 0 Å². The summed E-state index contributed by atoms with van der Waals surface area (Å²) >= 11 is 1.60. The fourth-order valence-electron chi connectivity index (χ4n) is 2.99. The predicted molar refractivity (Wildman–Crippen MR) is 85.3 cm³/mol. The van der Waals surface area contributed by atoms with Crippen LogP contribution in [0.1, 0.15) is 30.7 Å². The summed E-state index contributed by atoms with van der Waals surface area (Å²) < 4.78 is 4.13. The quantitative estimate of drug-likeness (QED) is 0.796. The molecule has 0 amide bonds. The molecule has 0 radical (unpaired) electrons. The van der Waals surface area contributed by atoms with E-state index in [0.29, 0.717) is 5.92 Å². The predicted octanol–water partition coefficient (Wildman–Crippen LogP) is 1.93. The lowest BCUT2D eigenvalue weighted by Gasteiger charge is -2.24. The van der Waals surface area contributed by atoms with Gasteiger partial charge in [0, 0.05) is 25.9 Å². The van der Waals surface area contributed by atoms with E-state index in [-0.39, 0.29) is 0 Å². The molecular formula is C14H19N7S. The van der Waals surface area contributed by atoms with Gasteiger partial charge >= 0.3 is 0 Å². The van der Waals surface area contributed by atoms with Gasteiger partial charge in [-0.25, -0.2) is 9.50 Å². The van der Waals surface area contributed by atoms with Crippen LogP contribution >= 0.6 is 11.3 Å². The Bertz CT molecular complexity index is 754. The Balaban J connectivity index is 1.42. The number of aromatic nitrogens is 6. The number of hydrogen-bond donors (Lipinski definition) is 1. The Kier molecular flexibility index (Phi) is 3.33. The maximum atomic E-state index is 4.52. The van der Waals surface area contributed by atoms with E-state index < -0.39 is 0 Å². The van der Waals surface area contributed by atoms with E-state index in [2.05, 4.69) is 37.1 Å². The largest absolute Gasteiger partial charge is 0.360 e. The van der Waals surface area contributed by atoms with Crippen LogP contribution in [-0.2, 0) is 19.4 Å². The summed E-state index contributed by atoms with van der Waals surface area (Å²) in [6, 6.07) is 0. The minimum atomic E-state index is 0.590. The second-order valence-electron chi connectivity index (χ2n) is 5.80. The van der Waals surface area contributed by atoms with Crippen molar-refractivity contribution in [1.29, 1.82) is 0 Å². The number of anilines is 1. The lowest BCUT2D eigenvalue weighted by Crippen LogP contribution is -2.27. The Morgan fingerprint density at radius 1 is 1.41 bits per heavy atom. The number of imidazole rings is 1. The van der Waals surface area contributed by atoms with E-state index >= 15 is 0 Å². The Labute approximate surface area is 132 Å². The third kappa shape index (κ3) is 2.37. The Morgan fingerprint density at radius 2 is 2.32 bits per heavy atom. The minimum absolute atomic E-state index is 0.590. The molecule has 1 atom stereocenters. The monoisotopic (exact) mass is 317 g/mol. The summed E-state index contributed by atoms with van der Waals surface area (Å²) in [4.78, 5) is 5.37. The molecule has 3 aromatic heterocycles. The van der Waals surface area contributed by atoms with Crippen LogP contribution in [0.2, 0.25) is 0 Å². The van der Waals surface area contributed by atoms with Crippen molar-refractivity contribution in [3.63, 3.8) is 0 Å². The summed E-state index contributed by atoms with van der Waals surface area (Å²) in [6.07, 6.45) is 5.06. The van der Waals surface area contributed by atoms with E-state index in [4.69, 9.17) is 0 Å². The van der Waals surface area contributed by atoms with Crippen molar-refractivity contribution in [3.05, 3.63) is 23.5 Å². The number of fused-ring (bicyclic) bond motifs is 2. The number of nitrogens with zero attached hydrogens (tertiary/aromatic N) is 6. The fourth-order valence-corrected chi connectivity index (χ4v) is 3.83. The minimum Gasteiger partial charge on any atom is -0.360 e. The first kappa shape index (κ1) is 13.7. The first-order valence-corrected chi connectivity index (χ1v) is 8.52. The van der Waals surface area contributed by atoms with Crippen LogP contribution < -0.4 is 5.32 Å². The molecule has 8 heteroatoms. The van der Waals surface area contributed by atoms with Crippen molar-refractivity contribution < 1.29 is 0 Å².